The molecule has 0 unspecified atom stereocenters. The van der Waals surface area contributed by atoms with Gasteiger partial charge in [0, 0.05) is 11.1 Å². The second-order valence-electron chi connectivity index (χ2n) is 7.24. The van der Waals surface area contributed by atoms with E-state index in [1.807, 2.05) is 26.1 Å². The van der Waals surface area contributed by atoms with E-state index in [0.29, 0.717) is 11.1 Å². The molecule has 0 heterocycles. The van der Waals surface area contributed by atoms with Crippen LogP contribution in [-0.4, -0.2) is 27.4 Å². The molecule has 5 nitrogen and oxygen atoms in total. The van der Waals surface area contributed by atoms with Crippen LogP contribution in [0.4, 0.5) is 0 Å². The van der Waals surface area contributed by atoms with Crippen molar-refractivity contribution in [3.8, 4) is 6.19 Å². The first-order valence-corrected chi connectivity index (χ1v) is 8.37. The smallest absolute Gasteiger partial charge is 0.267 e. The van der Waals surface area contributed by atoms with Crippen molar-refractivity contribution in [1.29, 1.82) is 5.26 Å². The molecule has 2 rings (SSSR count). The number of amides is 2. The Balaban J connectivity index is 2.47. The zero-order valence-electron chi connectivity index (χ0n) is 15.8. The van der Waals surface area contributed by atoms with Crippen LogP contribution >= 0.6 is 0 Å². The minimum Gasteiger partial charge on any atom is -0.267 e. The monoisotopic (exact) mass is 349 g/mol. The molecule has 0 spiro atoms. The molecular weight excluding hydrogens is 326 g/mol. The van der Waals surface area contributed by atoms with E-state index in [9.17, 15) is 14.9 Å². The van der Waals surface area contributed by atoms with E-state index in [-0.39, 0.29) is 0 Å². The summed E-state index contributed by atoms with van der Waals surface area (Å²) in [5.41, 5.74) is 1.95. The number of benzene rings is 2. The average molecular weight is 349 g/mol. The van der Waals surface area contributed by atoms with Gasteiger partial charge in [-0.15, -0.1) is 5.01 Å². The molecule has 0 aliphatic rings. The Morgan fingerprint density at radius 2 is 1.50 bits per heavy atom. The van der Waals surface area contributed by atoms with Crippen molar-refractivity contribution in [2.75, 3.05) is 0 Å². The summed E-state index contributed by atoms with van der Waals surface area (Å²) in [5, 5.41) is 11.7. The number of hydrazine groups is 1. The maximum absolute atomic E-state index is 13.1. The van der Waals surface area contributed by atoms with E-state index in [1.165, 1.54) is 5.01 Å². The van der Waals surface area contributed by atoms with Crippen molar-refractivity contribution in [3.05, 3.63) is 70.8 Å². The Kier molecular flexibility index (Phi) is 5.47. The van der Waals surface area contributed by atoms with Gasteiger partial charge < -0.3 is 0 Å². The lowest BCUT2D eigenvalue weighted by atomic mass is 10.0. The first-order valence-electron chi connectivity index (χ1n) is 8.37. The van der Waals surface area contributed by atoms with Crippen molar-refractivity contribution in [2.45, 2.75) is 40.2 Å². The van der Waals surface area contributed by atoms with Crippen molar-refractivity contribution < 1.29 is 9.59 Å². The number of carbonyl (C=O) groups is 2. The summed E-state index contributed by atoms with van der Waals surface area (Å²) in [7, 11) is 0. The molecule has 0 atom stereocenters. The molecule has 0 aliphatic heterocycles. The molecule has 0 bridgehead atoms. The standard InChI is InChI=1S/C21H23N3O2/c1-15-9-11-17(12-10-15)19(25)23(14-22)24(21(3,4)5)20(26)18-8-6-7-16(2)13-18/h6-13H,1-5H3. The summed E-state index contributed by atoms with van der Waals surface area (Å²) < 4.78 is 0. The molecule has 2 amide bonds. The van der Waals surface area contributed by atoms with Gasteiger partial charge in [-0.3, -0.25) is 9.59 Å². The molecule has 0 aromatic heterocycles. The summed E-state index contributed by atoms with van der Waals surface area (Å²) in [6, 6.07) is 14.0. The molecule has 0 saturated carbocycles. The highest BCUT2D eigenvalue weighted by Crippen LogP contribution is 2.22. The highest BCUT2D eigenvalue weighted by molar-refractivity contribution is 6.00. The van der Waals surface area contributed by atoms with E-state index < -0.39 is 17.4 Å². The summed E-state index contributed by atoms with van der Waals surface area (Å²) in [6.07, 6.45) is 1.88. The maximum atomic E-state index is 13.1. The summed E-state index contributed by atoms with van der Waals surface area (Å²) >= 11 is 0. The molecule has 0 fully saturated rings. The van der Waals surface area contributed by atoms with E-state index in [2.05, 4.69) is 0 Å². The quantitative estimate of drug-likeness (QED) is 0.466. The molecule has 0 N–H and O–H groups in total. The number of hydrogen-bond donors (Lipinski definition) is 0. The number of rotatable bonds is 2. The first-order chi connectivity index (χ1) is 12.1. The number of carbonyl (C=O) groups excluding carboxylic acids is 2. The van der Waals surface area contributed by atoms with Crippen LogP contribution in [0.15, 0.2) is 48.5 Å². The fraction of sp³-hybridized carbons (Fsp3) is 0.286. The molecule has 0 saturated heterocycles. The van der Waals surface area contributed by atoms with E-state index in [0.717, 1.165) is 16.1 Å². The van der Waals surface area contributed by atoms with Gasteiger partial charge in [-0.25, -0.2) is 5.01 Å². The fourth-order valence-electron chi connectivity index (χ4n) is 2.60. The second kappa shape index (κ2) is 7.40. The third-order valence-electron chi connectivity index (χ3n) is 3.88. The highest BCUT2D eigenvalue weighted by atomic mass is 16.2. The van der Waals surface area contributed by atoms with Gasteiger partial charge in [0.2, 0.25) is 6.19 Å². The van der Waals surface area contributed by atoms with Crippen LogP contribution in [-0.2, 0) is 0 Å². The zero-order chi connectivity index (χ0) is 19.5. The maximum Gasteiger partial charge on any atom is 0.286 e. The number of aryl methyl sites for hydroxylation is 2. The third kappa shape index (κ3) is 4.09. The van der Waals surface area contributed by atoms with Crippen molar-refractivity contribution in [3.63, 3.8) is 0 Å². The minimum absolute atomic E-state index is 0.350. The van der Waals surface area contributed by atoms with Gasteiger partial charge in [-0.05, 0) is 58.9 Å². The van der Waals surface area contributed by atoms with Crippen molar-refractivity contribution >= 4 is 11.8 Å². The van der Waals surface area contributed by atoms with Crippen molar-refractivity contribution in [1.82, 2.24) is 10.0 Å². The Labute approximate surface area is 154 Å². The van der Waals surface area contributed by atoms with Gasteiger partial charge in [0.15, 0.2) is 0 Å². The molecule has 2 aromatic carbocycles. The van der Waals surface area contributed by atoms with E-state index in [1.54, 1.807) is 63.2 Å². The first kappa shape index (κ1) is 19.2. The molecule has 26 heavy (non-hydrogen) atoms. The fourth-order valence-corrected chi connectivity index (χ4v) is 2.60. The molecule has 2 aromatic rings. The van der Waals surface area contributed by atoms with Crippen LogP contribution < -0.4 is 0 Å². The van der Waals surface area contributed by atoms with Gasteiger partial charge in [0.25, 0.3) is 11.8 Å². The van der Waals surface area contributed by atoms with Crippen LogP contribution in [0.1, 0.15) is 52.6 Å². The second-order valence-corrected chi connectivity index (χ2v) is 7.24. The largest absolute Gasteiger partial charge is 0.286 e. The number of hydrogen-bond acceptors (Lipinski definition) is 3. The number of nitriles is 1. The van der Waals surface area contributed by atoms with Crippen LogP contribution in [0.5, 0.6) is 0 Å². The predicted octanol–water partition coefficient (Wildman–Crippen LogP) is 4.08. The normalized spacial score (nSPS) is 10.8. The predicted molar refractivity (Wildman–Crippen MR) is 100 cm³/mol. The van der Waals surface area contributed by atoms with Gasteiger partial charge in [-0.1, -0.05) is 35.4 Å². The SMILES string of the molecule is Cc1ccc(C(=O)N(C#N)N(C(=O)c2cccc(C)c2)C(C)(C)C)cc1. The summed E-state index contributed by atoms with van der Waals surface area (Å²) in [4.78, 5) is 26.0. The van der Waals surface area contributed by atoms with Gasteiger partial charge in [-0.2, -0.15) is 5.26 Å². The Morgan fingerprint density at radius 3 is 2.00 bits per heavy atom. The van der Waals surface area contributed by atoms with Crippen molar-refractivity contribution in [2.24, 2.45) is 0 Å². The number of nitrogens with zero attached hydrogens (tertiary/aromatic N) is 3. The Bertz CT molecular complexity index is 858. The minimum atomic E-state index is -0.767. The third-order valence-corrected chi connectivity index (χ3v) is 3.88. The molecule has 134 valence electrons. The lowest BCUT2D eigenvalue weighted by molar-refractivity contribution is -0.0167. The average Bonchev–Trinajstić information content (AvgIpc) is 2.58. The van der Waals surface area contributed by atoms with E-state index >= 15 is 0 Å². The van der Waals surface area contributed by atoms with Gasteiger partial charge in [0.1, 0.15) is 0 Å². The summed E-state index contributed by atoms with van der Waals surface area (Å²) in [6.45, 7) is 9.16. The van der Waals surface area contributed by atoms with Crippen LogP contribution in [0.3, 0.4) is 0 Å². The lowest BCUT2D eigenvalue weighted by Crippen LogP contribution is -2.56. The van der Waals surface area contributed by atoms with Crippen LogP contribution in [0.25, 0.3) is 0 Å². The Hall–Kier alpha value is -3.13. The molecule has 0 aliphatic carbocycles. The zero-order valence-corrected chi connectivity index (χ0v) is 15.8. The topological polar surface area (TPSA) is 64.4 Å². The van der Waals surface area contributed by atoms with Gasteiger partial charge in [0.05, 0.1) is 5.54 Å². The molecule has 5 heteroatoms. The Morgan fingerprint density at radius 1 is 0.885 bits per heavy atom. The van der Waals surface area contributed by atoms with E-state index in [4.69, 9.17) is 0 Å². The highest BCUT2D eigenvalue weighted by Gasteiger charge is 2.36. The van der Waals surface area contributed by atoms with Crippen LogP contribution in [0, 0.1) is 25.3 Å². The van der Waals surface area contributed by atoms with Crippen LogP contribution in [0.2, 0.25) is 0 Å². The molecule has 0 radical (unpaired) electrons. The lowest BCUT2D eigenvalue weighted by Gasteiger charge is -2.39. The summed E-state index contributed by atoms with van der Waals surface area (Å²) in [5.74, 6) is -0.938. The van der Waals surface area contributed by atoms with Gasteiger partial charge >= 0.3 is 0 Å². The molecular formula is C21H23N3O2.